The average Bonchev–Trinajstić information content (AvgIpc) is 2.91. The number of carbonyl (C=O) groups is 2. The van der Waals surface area contributed by atoms with Crippen LogP contribution in [0.1, 0.15) is 120 Å². The van der Waals surface area contributed by atoms with Crippen molar-refractivity contribution in [2.75, 3.05) is 19.8 Å². The molecule has 0 aromatic heterocycles. The van der Waals surface area contributed by atoms with E-state index in [1.54, 1.807) is 13.0 Å². The molecule has 0 radical (unpaired) electrons. The van der Waals surface area contributed by atoms with Crippen LogP contribution in [-0.4, -0.2) is 37.7 Å². The summed E-state index contributed by atoms with van der Waals surface area (Å²) in [6.07, 6.45) is 13.2. The zero-order valence-electron chi connectivity index (χ0n) is 26.2. The minimum Gasteiger partial charge on any atom is -0.381 e. The van der Waals surface area contributed by atoms with E-state index < -0.39 is 0 Å². The fourth-order valence-corrected chi connectivity index (χ4v) is 5.32. The van der Waals surface area contributed by atoms with E-state index in [0.717, 1.165) is 77.6 Å². The van der Waals surface area contributed by atoms with Crippen LogP contribution in [0.4, 0.5) is 0 Å². The maximum Gasteiger partial charge on any atom is 0.257 e. The summed E-state index contributed by atoms with van der Waals surface area (Å²) in [7, 11) is 0. The highest BCUT2D eigenvalue weighted by atomic mass is 16.5. The van der Waals surface area contributed by atoms with Crippen LogP contribution in [0, 0.1) is 29.6 Å². The van der Waals surface area contributed by atoms with Crippen molar-refractivity contribution in [3.63, 3.8) is 0 Å². The molecular weight excluding hydrogens is 474 g/mol. The highest BCUT2D eigenvalue weighted by Crippen LogP contribution is 2.40. The van der Waals surface area contributed by atoms with Crippen LogP contribution in [0.3, 0.4) is 0 Å². The molecule has 0 aromatic carbocycles. The van der Waals surface area contributed by atoms with Gasteiger partial charge in [-0.3, -0.25) is 14.9 Å². The molecule has 2 amide bonds. The Balaban J connectivity index is 5.53. The summed E-state index contributed by atoms with van der Waals surface area (Å²) < 4.78 is 12.8. The monoisotopic (exact) mass is 535 g/mol. The van der Waals surface area contributed by atoms with Crippen LogP contribution in [0.5, 0.6) is 0 Å². The molecule has 0 spiro atoms. The van der Waals surface area contributed by atoms with Gasteiger partial charge in [-0.2, -0.15) is 0 Å². The molecule has 0 bridgehead atoms. The Morgan fingerprint density at radius 1 is 0.868 bits per heavy atom. The highest BCUT2D eigenvalue weighted by Gasteiger charge is 2.38. The Kier molecular flexibility index (Phi) is 21.5. The molecule has 0 aromatic rings. The number of imide groups is 1. The quantitative estimate of drug-likeness (QED) is 0.0812. The average molecular weight is 536 g/mol. The number of hydrogen-bond acceptors (Lipinski definition) is 4. The number of carbonyl (C=O) groups excluding carboxylic acids is 2. The summed E-state index contributed by atoms with van der Waals surface area (Å²) in [5.74, 6) is 1.81. The van der Waals surface area contributed by atoms with E-state index in [1.807, 2.05) is 0 Å². The lowest BCUT2D eigenvalue weighted by atomic mass is 9.67. The summed E-state index contributed by atoms with van der Waals surface area (Å²) in [6, 6.07) is 0. The Hall–Kier alpha value is -1.46. The molecule has 0 aliphatic heterocycles. The second-order valence-electron chi connectivity index (χ2n) is 11.2. The second-order valence-corrected chi connectivity index (χ2v) is 11.2. The molecule has 0 aliphatic rings. The van der Waals surface area contributed by atoms with Gasteiger partial charge in [0.1, 0.15) is 0 Å². The number of allylic oxidation sites excluding steroid dienone is 1. The van der Waals surface area contributed by atoms with Gasteiger partial charge in [0.25, 0.3) is 5.91 Å². The van der Waals surface area contributed by atoms with Crippen molar-refractivity contribution in [2.24, 2.45) is 29.6 Å². The third kappa shape index (κ3) is 14.1. The van der Waals surface area contributed by atoms with Crippen molar-refractivity contribution in [1.29, 1.82) is 0 Å². The first-order valence-electron chi connectivity index (χ1n) is 15.5. The lowest BCUT2D eigenvalue weighted by Gasteiger charge is -2.43. The molecule has 0 saturated carbocycles. The second kappa shape index (κ2) is 22.4. The van der Waals surface area contributed by atoms with Crippen LogP contribution in [0.15, 0.2) is 24.3 Å². The third-order valence-electron chi connectivity index (χ3n) is 8.18. The van der Waals surface area contributed by atoms with Crippen molar-refractivity contribution in [2.45, 2.75) is 126 Å². The lowest BCUT2D eigenvalue weighted by molar-refractivity contribution is -0.128. The first kappa shape index (κ1) is 36.5. The molecule has 4 unspecified atom stereocenters. The zero-order valence-corrected chi connectivity index (χ0v) is 26.2. The summed E-state index contributed by atoms with van der Waals surface area (Å²) in [4.78, 5) is 24.5. The number of hydrogen-bond donors (Lipinski definition) is 1. The molecule has 6 atom stereocenters. The number of amides is 2. The van der Waals surface area contributed by atoms with E-state index in [1.165, 1.54) is 6.08 Å². The van der Waals surface area contributed by atoms with E-state index in [9.17, 15) is 9.59 Å². The molecule has 1 N–H and O–H groups in total. The van der Waals surface area contributed by atoms with E-state index in [2.05, 4.69) is 60.4 Å². The lowest BCUT2D eigenvalue weighted by Crippen LogP contribution is -2.43. The minimum atomic E-state index is -0.371. The summed E-state index contributed by atoms with van der Waals surface area (Å²) in [6.45, 7) is 23.8. The van der Waals surface area contributed by atoms with Gasteiger partial charge in [0.05, 0.1) is 12.7 Å². The first-order valence-corrected chi connectivity index (χ1v) is 15.5. The van der Waals surface area contributed by atoms with Gasteiger partial charge in [0.15, 0.2) is 0 Å². The van der Waals surface area contributed by atoms with Gasteiger partial charge in [-0.25, -0.2) is 0 Å². The van der Waals surface area contributed by atoms with Crippen molar-refractivity contribution < 1.29 is 19.1 Å². The summed E-state index contributed by atoms with van der Waals surface area (Å²) in [5, 5.41) is 2.49. The Morgan fingerprint density at radius 2 is 1.50 bits per heavy atom. The Labute approximate surface area is 235 Å². The third-order valence-corrected chi connectivity index (χ3v) is 8.18. The van der Waals surface area contributed by atoms with Gasteiger partial charge < -0.3 is 9.47 Å². The van der Waals surface area contributed by atoms with E-state index in [-0.39, 0.29) is 17.9 Å². The molecule has 0 rings (SSSR count). The Morgan fingerprint density at radius 3 is 2.05 bits per heavy atom. The van der Waals surface area contributed by atoms with Crippen LogP contribution >= 0.6 is 0 Å². The van der Waals surface area contributed by atoms with Gasteiger partial charge in [-0.1, -0.05) is 99.3 Å². The van der Waals surface area contributed by atoms with Gasteiger partial charge in [0, 0.05) is 31.1 Å². The number of ether oxygens (including phenoxy) is 2. The normalized spacial score (nSPS) is 16.8. The molecular formula is C33H61NO4. The van der Waals surface area contributed by atoms with Crippen LogP contribution in [-0.2, 0) is 19.1 Å². The van der Waals surface area contributed by atoms with Crippen molar-refractivity contribution >= 4 is 11.8 Å². The number of unbranched alkanes of at least 4 members (excludes halogenated alkanes) is 3. The van der Waals surface area contributed by atoms with E-state index in [0.29, 0.717) is 41.6 Å². The molecule has 222 valence electrons. The predicted molar refractivity (Wildman–Crippen MR) is 161 cm³/mol. The maximum absolute atomic E-state index is 12.4. The maximum atomic E-state index is 12.4. The zero-order chi connectivity index (χ0) is 28.9. The molecule has 0 saturated heterocycles. The fraction of sp³-hybridized carbons (Fsp3) is 0.818. The molecule has 5 heteroatoms. The van der Waals surface area contributed by atoms with Gasteiger partial charge in [0.2, 0.25) is 5.91 Å². The Bertz CT molecular complexity index is 674. The largest absolute Gasteiger partial charge is 0.381 e. The van der Waals surface area contributed by atoms with Crippen molar-refractivity contribution in [3.05, 3.63) is 24.3 Å². The summed E-state index contributed by atoms with van der Waals surface area (Å²) >= 11 is 0. The molecule has 38 heavy (non-hydrogen) atoms. The topological polar surface area (TPSA) is 64.6 Å². The van der Waals surface area contributed by atoms with Gasteiger partial charge >= 0.3 is 0 Å². The highest BCUT2D eigenvalue weighted by molar-refractivity contribution is 6.05. The van der Waals surface area contributed by atoms with Crippen LogP contribution in [0.25, 0.3) is 0 Å². The molecule has 0 aliphatic carbocycles. The van der Waals surface area contributed by atoms with E-state index >= 15 is 0 Å². The van der Waals surface area contributed by atoms with Crippen molar-refractivity contribution in [3.8, 4) is 0 Å². The number of nitrogens with one attached hydrogen (secondary N) is 1. The molecule has 0 heterocycles. The number of rotatable bonds is 23. The van der Waals surface area contributed by atoms with Crippen LogP contribution < -0.4 is 5.32 Å². The van der Waals surface area contributed by atoms with Crippen molar-refractivity contribution in [1.82, 2.24) is 5.32 Å². The summed E-state index contributed by atoms with van der Waals surface area (Å²) in [5.41, 5.74) is 0.425. The minimum absolute atomic E-state index is 0.163. The standard InChI is InChI=1S/C33H61NO4/c1-10-16-22-37-24-27(9)32(38-23-17-11-2)31(26(8)13-4)29(25(7)12-3)20-18-19-21-30(35)34-33(36)28(14-5)15-6/h14-15,25-27,29,31-32H,5,10-13,16-24H2,1-4,6-9H3,(H,34,35,36)/b28-15-/t25-,26-,27?,29?,31?,32?/m1/s1. The van der Waals surface area contributed by atoms with E-state index in [4.69, 9.17) is 9.47 Å². The first-order chi connectivity index (χ1) is 18.2. The predicted octanol–water partition coefficient (Wildman–Crippen LogP) is 8.28. The smallest absolute Gasteiger partial charge is 0.257 e. The van der Waals surface area contributed by atoms with Crippen LogP contribution in [0.2, 0.25) is 0 Å². The SMILES string of the molecule is C=C/C(=C/C)C(=O)NC(=O)CCCCC(C(C(OCCCC)C(C)COCCCC)[C@H](C)CC)[C@H](C)CC. The van der Waals surface area contributed by atoms with Gasteiger partial charge in [-0.05, 0) is 56.3 Å². The molecule has 0 fully saturated rings. The molecule has 5 nitrogen and oxygen atoms in total. The van der Waals surface area contributed by atoms with Gasteiger partial charge in [-0.15, -0.1) is 0 Å². The fourth-order valence-electron chi connectivity index (χ4n) is 5.32.